The van der Waals surface area contributed by atoms with E-state index in [1.807, 2.05) is 0 Å². The van der Waals surface area contributed by atoms with Crippen molar-refractivity contribution < 1.29 is 0 Å². The Kier molecular flexibility index (Phi) is 2.69. The maximum absolute atomic E-state index is 4.49. The number of hydrogen-bond acceptors (Lipinski definition) is 1. The molecule has 1 aromatic heterocycles. The molecule has 1 heterocycles. The van der Waals surface area contributed by atoms with Crippen molar-refractivity contribution in [1.82, 2.24) is 4.98 Å². The number of aromatic nitrogens is 1. The molecule has 1 rings (SSSR count). The number of rotatable bonds is 2. The van der Waals surface area contributed by atoms with E-state index >= 15 is 0 Å². The van der Waals surface area contributed by atoms with Gasteiger partial charge in [-0.15, -0.1) is 0 Å². The molecule has 0 radical (unpaired) electrons. The van der Waals surface area contributed by atoms with Crippen LogP contribution in [0.5, 0.6) is 0 Å². The van der Waals surface area contributed by atoms with Gasteiger partial charge in [-0.1, -0.05) is 32.8 Å². The van der Waals surface area contributed by atoms with Crippen molar-refractivity contribution >= 4 is 12.9 Å². The Morgan fingerprint density at radius 2 is 2.09 bits per heavy atom. The number of pyridine rings is 1. The van der Waals surface area contributed by atoms with E-state index < -0.39 is 0 Å². The normalized spacial score (nSPS) is 10.2. The molecular formula is C9H14BN. The predicted molar refractivity (Wildman–Crippen MR) is 51.0 cm³/mol. The summed E-state index contributed by atoms with van der Waals surface area (Å²) >= 11 is 0. The molecule has 1 aromatic rings. The summed E-state index contributed by atoms with van der Waals surface area (Å²) < 4.78 is 0. The molecule has 1 nitrogen and oxygen atoms in total. The van der Waals surface area contributed by atoms with E-state index in [1.165, 1.54) is 11.3 Å². The first kappa shape index (κ1) is 8.31. The van der Waals surface area contributed by atoms with E-state index in [1.54, 1.807) is 0 Å². The van der Waals surface area contributed by atoms with Gasteiger partial charge in [0, 0.05) is 5.69 Å². The van der Waals surface area contributed by atoms with Crippen LogP contribution in [0, 0.1) is 0 Å². The average Bonchev–Trinajstić information content (AvgIpc) is 2.05. The molecule has 0 aliphatic heterocycles. The molecule has 0 unspecified atom stereocenters. The van der Waals surface area contributed by atoms with Crippen LogP contribution in [0.4, 0.5) is 0 Å². The number of hydrogen-bond donors (Lipinski definition) is 0. The van der Waals surface area contributed by atoms with Crippen LogP contribution in [-0.4, -0.2) is 12.3 Å². The summed E-state index contributed by atoms with van der Waals surface area (Å²) in [5.41, 5.74) is 2.39. The quantitative estimate of drug-likeness (QED) is 0.574. The van der Waals surface area contributed by atoms with Crippen LogP contribution in [0.3, 0.4) is 0 Å². The van der Waals surface area contributed by atoms with Gasteiger partial charge in [-0.05, 0) is 17.6 Å². The minimum atomic E-state index is 0.543. The summed E-state index contributed by atoms with van der Waals surface area (Å²) in [4.78, 5) is 4.49. The Bertz CT molecular complexity index is 233. The van der Waals surface area contributed by atoms with Crippen molar-refractivity contribution in [3.05, 3.63) is 23.9 Å². The van der Waals surface area contributed by atoms with Gasteiger partial charge >= 0.3 is 0 Å². The van der Waals surface area contributed by atoms with Crippen LogP contribution < -0.4 is 5.59 Å². The maximum Gasteiger partial charge on any atom is 0.179 e. The average molecular weight is 147 g/mol. The van der Waals surface area contributed by atoms with E-state index in [4.69, 9.17) is 0 Å². The van der Waals surface area contributed by atoms with Crippen LogP contribution in [0.15, 0.2) is 18.2 Å². The van der Waals surface area contributed by atoms with E-state index in [0.29, 0.717) is 5.92 Å². The minimum absolute atomic E-state index is 0.543. The molecule has 0 N–H and O–H groups in total. The molecule has 0 saturated heterocycles. The lowest BCUT2D eigenvalue weighted by molar-refractivity contribution is 0.827. The van der Waals surface area contributed by atoms with Gasteiger partial charge in [0.05, 0.1) is 0 Å². The topological polar surface area (TPSA) is 12.9 Å². The molecule has 0 atom stereocenters. The molecule has 0 aliphatic rings. The lowest BCUT2D eigenvalue weighted by Gasteiger charge is -2.04. The highest BCUT2D eigenvalue weighted by Gasteiger charge is 1.99. The molecule has 58 valence electrons. The number of nitrogens with zero attached hydrogens (tertiary/aromatic N) is 1. The molecule has 2 heteroatoms. The van der Waals surface area contributed by atoms with Crippen molar-refractivity contribution in [2.75, 3.05) is 0 Å². The zero-order valence-corrected chi connectivity index (χ0v) is 7.46. The Labute approximate surface area is 69.1 Å². The first-order valence-electron chi connectivity index (χ1n) is 4.20. The Morgan fingerprint density at radius 3 is 2.64 bits per heavy atom. The van der Waals surface area contributed by atoms with Gasteiger partial charge < -0.3 is 0 Å². The fourth-order valence-electron chi connectivity index (χ4n) is 1.02. The summed E-state index contributed by atoms with van der Waals surface area (Å²) in [6, 6.07) is 6.25. The fraction of sp³-hybridized carbons (Fsp3) is 0.444. The van der Waals surface area contributed by atoms with Gasteiger partial charge in [0.25, 0.3) is 0 Å². The van der Waals surface area contributed by atoms with Crippen LogP contribution >= 0.6 is 0 Å². The maximum atomic E-state index is 4.49. The fourth-order valence-corrected chi connectivity index (χ4v) is 1.02. The molecule has 0 amide bonds. The summed E-state index contributed by atoms with van der Waals surface area (Å²) in [5.74, 6) is 0.543. The van der Waals surface area contributed by atoms with Gasteiger partial charge in [-0.25, -0.2) is 0 Å². The standard InChI is InChI=1S/C9H14BN/c1-7(2)8-5-4-6-9(10-3)11-8/h4-7,10H,1-3H3. The van der Waals surface area contributed by atoms with Crippen molar-refractivity contribution in [3.63, 3.8) is 0 Å². The zero-order valence-electron chi connectivity index (χ0n) is 7.46. The van der Waals surface area contributed by atoms with Gasteiger partial charge in [0.2, 0.25) is 0 Å². The van der Waals surface area contributed by atoms with E-state index in [0.717, 1.165) is 7.28 Å². The highest BCUT2D eigenvalue weighted by molar-refractivity contribution is 6.50. The van der Waals surface area contributed by atoms with Crippen LogP contribution in [0.1, 0.15) is 25.5 Å². The largest absolute Gasteiger partial charge is 0.268 e. The first-order valence-corrected chi connectivity index (χ1v) is 4.20. The van der Waals surface area contributed by atoms with E-state index in [2.05, 4.69) is 43.9 Å². The second-order valence-electron chi connectivity index (χ2n) is 3.06. The van der Waals surface area contributed by atoms with Crippen molar-refractivity contribution in [2.24, 2.45) is 0 Å². The minimum Gasteiger partial charge on any atom is -0.268 e. The Morgan fingerprint density at radius 1 is 1.36 bits per heavy atom. The van der Waals surface area contributed by atoms with E-state index in [-0.39, 0.29) is 0 Å². The second kappa shape index (κ2) is 3.56. The van der Waals surface area contributed by atoms with Gasteiger partial charge in [0.1, 0.15) is 0 Å². The Balaban J connectivity index is 2.91. The van der Waals surface area contributed by atoms with Crippen LogP contribution in [0.2, 0.25) is 6.82 Å². The van der Waals surface area contributed by atoms with E-state index in [9.17, 15) is 0 Å². The van der Waals surface area contributed by atoms with Gasteiger partial charge in [0.15, 0.2) is 7.28 Å². The monoisotopic (exact) mass is 147 g/mol. The summed E-state index contributed by atoms with van der Waals surface area (Å²) in [7, 11) is 1.03. The first-order chi connectivity index (χ1) is 5.24. The van der Waals surface area contributed by atoms with Crippen molar-refractivity contribution in [1.29, 1.82) is 0 Å². The second-order valence-corrected chi connectivity index (χ2v) is 3.06. The van der Waals surface area contributed by atoms with Crippen molar-refractivity contribution in [2.45, 2.75) is 26.6 Å². The molecular weight excluding hydrogens is 133 g/mol. The molecule has 0 aliphatic carbocycles. The highest BCUT2D eigenvalue weighted by atomic mass is 14.7. The highest BCUT2D eigenvalue weighted by Crippen LogP contribution is 2.07. The van der Waals surface area contributed by atoms with Crippen LogP contribution in [0.25, 0.3) is 0 Å². The smallest absolute Gasteiger partial charge is 0.179 e. The van der Waals surface area contributed by atoms with Crippen molar-refractivity contribution in [3.8, 4) is 0 Å². The lowest BCUT2D eigenvalue weighted by Crippen LogP contribution is -2.16. The predicted octanol–water partition coefficient (Wildman–Crippen LogP) is 1.31. The third-order valence-electron chi connectivity index (χ3n) is 1.78. The zero-order chi connectivity index (χ0) is 8.27. The lowest BCUT2D eigenvalue weighted by atomic mass is 9.77. The SMILES string of the molecule is CBc1cccc(C(C)C)n1. The molecule has 11 heavy (non-hydrogen) atoms. The molecule has 0 bridgehead atoms. The molecule has 0 fully saturated rings. The summed E-state index contributed by atoms with van der Waals surface area (Å²) in [6.45, 7) is 6.47. The van der Waals surface area contributed by atoms with Crippen LogP contribution in [-0.2, 0) is 0 Å². The molecule has 0 aromatic carbocycles. The molecule has 0 spiro atoms. The summed E-state index contributed by atoms with van der Waals surface area (Å²) in [5, 5.41) is 0. The Hall–Kier alpha value is -0.785. The molecule has 0 saturated carbocycles. The third kappa shape index (κ3) is 2.07. The third-order valence-corrected chi connectivity index (χ3v) is 1.78. The van der Waals surface area contributed by atoms with Gasteiger partial charge in [-0.2, -0.15) is 0 Å². The summed E-state index contributed by atoms with van der Waals surface area (Å²) in [6.07, 6.45) is 0. The van der Waals surface area contributed by atoms with Gasteiger partial charge in [-0.3, -0.25) is 4.98 Å².